The molecule has 1 unspecified atom stereocenters. The molecule has 1 aliphatic rings. The Morgan fingerprint density at radius 2 is 2.19 bits per heavy atom. The molecule has 1 amide bonds. The van der Waals surface area contributed by atoms with E-state index in [1.54, 1.807) is 4.90 Å². The lowest BCUT2D eigenvalue weighted by atomic mass is 10.1. The van der Waals surface area contributed by atoms with E-state index < -0.39 is 0 Å². The zero-order chi connectivity index (χ0) is 21.6. The Labute approximate surface area is 195 Å². The number of hydrogen-bond donors (Lipinski definition) is 0. The van der Waals surface area contributed by atoms with E-state index >= 15 is 0 Å². The van der Waals surface area contributed by atoms with E-state index in [0.717, 1.165) is 59.1 Å². The van der Waals surface area contributed by atoms with Crippen molar-refractivity contribution in [3.63, 3.8) is 0 Å². The number of amides is 1. The number of anilines is 1. The number of hydrogen-bond acceptors (Lipinski definition) is 5. The van der Waals surface area contributed by atoms with Gasteiger partial charge in [0.15, 0.2) is 5.13 Å². The number of ether oxygens (including phenoxy) is 2. The largest absolute Gasteiger partial charge is 0.494 e. The number of halogens is 1. The molecule has 1 saturated heterocycles. The highest BCUT2D eigenvalue weighted by atomic mass is 79.9. The molecule has 0 aliphatic carbocycles. The Balaban J connectivity index is 1.59. The summed E-state index contributed by atoms with van der Waals surface area (Å²) in [6, 6.07) is 13.4. The highest BCUT2D eigenvalue weighted by Crippen LogP contribution is 2.33. The molecule has 1 atom stereocenters. The molecule has 5 nitrogen and oxygen atoms in total. The number of nitrogens with zero attached hydrogens (tertiary/aromatic N) is 2. The van der Waals surface area contributed by atoms with Crippen molar-refractivity contribution >= 4 is 48.5 Å². The standard InChI is InChI=1S/C24H27BrN2O3S/c1-2-3-4-12-29-19-8-5-7-17(14-19)23(28)27(16-20-9-6-13-30-20)24-26-21-11-10-18(25)15-22(21)31-24/h5,7-8,10-11,14-15,20H,2-4,6,9,12-13,16H2,1H3. The number of rotatable bonds is 9. The Kier molecular flexibility index (Phi) is 7.58. The van der Waals surface area contributed by atoms with Crippen LogP contribution in [0.5, 0.6) is 5.75 Å². The molecule has 1 fully saturated rings. The molecule has 1 aromatic heterocycles. The Morgan fingerprint density at radius 1 is 1.29 bits per heavy atom. The normalized spacial score (nSPS) is 16.0. The molecule has 0 spiro atoms. The highest BCUT2D eigenvalue weighted by Gasteiger charge is 2.27. The second-order valence-electron chi connectivity index (χ2n) is 7.74. The third-order valence-electron chi connectivity index (χ3n) is 5.32. The second-order valence-corrected chi connectivity index (χ2v) is 9.67. The number of benzene rings is 2. The van der Waals surface area contributed by atoms with Gasteiger partial charge in [-0.3, -0.25) is 9.69 Å². The molecule has 2 aromatic carbocycles. The minimum atomic E-state index is -0.0763. The average molecular weight is 503 g/mol. The van der Waals surface area contributed by atoms with E-state index in [0.29, 0.717) is 23.8 Å². The van der Waals surface area contributed by atoms with Gasteiger partial charge in [0.05, 0.1) is 29.5 Å². The van der Waals surface area contributed by atoms with Gasteiger partial charge >= 0.3 is 0 Å². The van der Waals surface area contributed by atoms with Gasteiger partial charge in [-0.05, 0) is 55.7 Å². The average Bonchev–Trinajstić information content (AvgIpc) is 3.44. The zero-order valence-corrected chi connectivity index (χ0v) is 20.1. The van der Waals surface area contributed by atoms with Gasteiger partial charge in [-0.15, -0.1) is 0 Å². The first kappa shape index (κ1) is 22.2. The number of fused-ring (bicyclic) bond motifs is 1. The summed E-state index contributed by atoms with van der Waals surface area (Å²) in [6.45, 7) is 4.09. The van der Waals surface area contributed by atoms with Crippen molar-refractivity contribution in [2.75, 3.05) is 24.7 Å². The maximum atomic E-state index is 13.6. The summed E-state index contributed by atoms with van der Waals surface area (Å²) in [4.78, 5) is 20.1. The maximum Gasteiger partial charge on any atom is 0.260 e. The lowest BCUT2D eigenvalue weighted by molar-refractivity contribution is 0.0917. The number of thiazole rings is 1. The van der Waals surface area contributed by atoms with E-state index in [4.69, 9.17) is 14.5 Å². The lowest BCUT2D eigenvalue weighted by Gasteiger charge is -2.23. The van der Waals surface area contributed by atoms with Crippen molar-refractivity contribution in [1.29, 1.82) is 0 Å². The minimum absolute atomic E-state index is 0.0381. The SMILES string of the molecule is CCCCCOc1cccc(C(=O)N(CC2CCCO2)c2nc3ccc(Br)cc3s2)c1. The molecule has 7 heteroatoms. The Hall–Kier alpha value is -1.96. The van der Waals surface area contributed by atoms with Crippen molar-refractivity contribution in [2.24, 2.45) is 0 Å². The number of carbonyl (C=O) groups is 1. The van der Waals surface area contributed by atoms with E-state index in [-0.39, 0.29) is 12.0 Å². The van der Waals surface area contributed by atoms with E-state index in [9.17, 15) is 4.79 Å². The number of unbranched alkanes of at least 4 members (excludes halogenated alkanes) is 2. The van der Waals surface area contributed by atoms with Gasteiger partial charge in [0.2, 0.25) is 0 Å². The van der Waals surface area contributed by atoms with Crippen molar-refractivity contribution in [3.05, 3.63) is 52.5 Å². The molecule has 31 heavy (non-hydrogen) atoms. The van der Waals surface area contributed by atoms with Crippen LogP contribution in [-0.2, 0) is 4.74 Å². The first-order valence-electron chi connectivity index (χ1n) is 10.9. The fourth-order valence-corrected chi connectivity index (χ4v) is 5.18. The van der Waals surface area contributed by atoms with Crippen molar-refractivity contribution in [1.82, 2.24) is 4.98 Å². The highest BCUT2D eigenvalue weighted by molar-refractivity contribution is 9.10. The van der Waals surface area contributed by atoms with Gasteiger partial charge in [0, 0.05) is 16.6 Å². The molecule has 0 N–H and O–H groups in total. The molecule has 0 bridgehead atoms. The van der Waals surface area contributed by atoms with Gasteiger partial charge in [-0.25, -0.2) is 4.98 Å². The van der Waals surface area contributed by atoms with Gasteiger partial charge < -0.3 is 9.47 Å². The summed E-state index contributed by atoms with van der Waals surface area (Å²) in [5.41, 5.74) is 1.49. The summed E-state index contributed by atoms with van der Waals surface area (Å²) in [6.07, 6.45) is 5.33. The molecule has 1 aliphatic heterocycles. The molecular weight excluding hydrogens is 476 g/mol. The van der Waals surface area contributed by atoms with Crippen molar-refractivity contribution < 1.29 is 14.3 Å². The molecule has 0 saturated carbocycles. The number of aromatic nitrogens is 1. The predicted molar refractivity (Wildman–Crippen MR) is 129 cm³/mol. The fourth-order valence-electron chi connectivity index (χ4n) is 3.66. The van der Waals surface area contributed by atoms with Gasteiger partial charge in [-0.2, -0.15) is 0 Å². The van der Waals surface area contributed by atoms with Gasteiger partial charge in [-0.1, -0.05) is 53.1 Å². The predicted octanol–water partition coefficient (Wildman–Crippen LogP) is 6.45. The quantitative estimate of drug-likeness (QED) is 0.315. The van der Waals surface area contributed by atoms with E-state index in [1.165, 1.54) is 11.3 Å². The molecule has 3 aromatic rings. The lowest BCUT2D eigenvalue weighted by Crippen LogP contribution is -2.37. The molecule has 164 valence electrons. The molecular formula is C24H27BrN2O3S. The first-order chi connectivity index (χ1) is 15.1. The Bertz CT molecular complexity index is 1030. The van der Waals surface area contributed by atoms with E-state index in [1.807, 2.05) is 42.5 Å². The van der Waals surface area contributed by atoms with Crippen LogP contribution in [0.1, 0.15) is 49.4 Å². The maximum absolute atomic E-state index is 13.6. The molecule has 4 rings (SSSR count). The smallest absolute Gasteiger partial charge is 0.260 e. The van der Waals surface area contributed by atoms with E-state index in [2.05, 4.69) is 22.9 Å². The van der Waals surface area contributed by atoms with Crippen LogP contribution in [0.25, 0.3) is 10.2 Å². The van der Waals surface area contributed by atoms with Crippen LogP contribution in [0.15, 0.2) is 46.9 Å². The fraction of sp³-hybridized carbons (Fsp3) is 0.417. The summed E-state index contributed by atoms with van der Waals surface area (Å²) in [5, 5.41) is 0.697. The summed E-state index contributed by atoms with van der Waals surface area (Å²) >= 11 is 5.04. The van der Waals surface area contributed by atoms with Gasteiger partial charge in [0.1, 0.15) is 5.75 Å². The van der Waals surface area contributed by atoms with Crippen LogP contribution in [0.2, 0.25) is 0 Å². The summed E-state index contributed by atoms with van der Waals surface area (Å²) < 4.78 is 13.7. The summed E-state index contributed by atoms with van der Waals surface area (Å²) in [5.74, 6) is 0.653. The van der Waals surface area contributed by atoms with Crippen LogP contribution in [-0.4, -0.2) is 36.8 Å². The number of carbonyl (C=O) groups excluding carboxylic acids is 1. The van der Waals surface area contributed by atoms with Gasteiger partial charge in [0.25, 0.3) is 5.91 Å². The van der Waals surface area contributed by atoms with Crippen LogP contribution in [0.3, 0.4) is 0 Å². The van der Waals surface area contributed by atoms with Crippen LogP contribution in [0.4, 0.5) is 5.13 Å². The molecule has 0 radical (unpaired) electrons. The first-order valence-corrected chi connectivity index (χ1v) is 12.5. The third-order valence-corrected chi connectivity index (χ3v) is 6.86. The third kappa shape index (κ3) is 5.64. The zero-order valence-electron chi connectivity index (χ0n) is 17.7. The Morgan fingerprint density at radius 3 is 3.00 bits per heavy atom. The topological polar surface area (TPSA) is 51.7 Å². The van der Waals surface area contributed by atoms with Crippen molar-refractivity contribution in [2.45, 2.75) is 45.1 Å². The monoisotopic (exact) mass is 502 g/mol. The van der Waals surface area contributed by atoms with Crippen LogP contribution >= 0.6 is 27.3 Å². The van der Waals surface area contributed by atoms with Crippen molar-refractivity contribution in [3.8, 4) is 5.75 Å². The molecule has 2 heterocycles. The van der Waals surface area contributed by atoms with Crippen LogP contribution < -0.4 is 9.64 Å². The summed E-state index contributed by atoms with van der Waals surface area (Å²) in [7, 11) is 0. The van der Waals surface area contributed by atoms with Crippen LogP contribution in [0, 0.1) is 0 Å². The second kappa shape index (κ2) is 10.6. The minimum Gasteiger partial charge on any atom is -0.494 e.